The summed E-state index contributed by atoms with van der Waals surface area (Å²) in [5.41, 5.74) is -0.105. The Bertz CT molecular complexity index is 773. The number of aliphatic carboxylic acids is 1. The number of nitrogens with zero attached hydrogens (tertiary/aromatic N) is 1. The Balaban J connectivity index is 1.80. The zero-order valence-electron chi connectivity index (χ0n) is 15.5. The molecule has 5 nitrogen and oxygen atoms in total. The van der Waals surface area contributed by atoms with E-state index in [1.54, 1.807) is 18.2 Å². The Kier molecular flexibility index (Phi) is 5.46. The molecule has 0 amide bonds. The van der Waals surface area contributed by atoms with E-state index in [4.69, 9.17) is 9.47 Å². The topological polar surface area (TPSA) is 79.5 Å². The van der Waals surface area contributed by atoms with Crippen molar-refractivity contribution >= 4 is 5.97 Å². The molecule has 2 saturated carbocycles. The molecule has 3 rings (SSSR count). The number of ether oxygens (including phenoxy) is 2. The van der Waals surface area contributed by atoms with Crippen molar-refractivity contribution < 1.29 is 32.5 Å². The number of halogens is 3. The Morgan fingerprint density at radius 3 is 2.43 bits per heavy atom. The van der Waals surface area contributed by atoms with Gasteiger partial charge in [-0.05, 0) is 55.2 Å². The number of carbonyl (C=O) groups is 1. The molecule has 0 bridgehead atoms. The van der Waals surface area contributed by atoms with Gasteiger partial charge in [0.1, 0.15) is 0 Å². The number of rotatable bonds is 6. The van der Waals surface area contributed by atoms with Gasteiger partial charge in [0.05, 0.1) is 37.5 Å². The quantitative estimate of drug-likeness (QED) is 0.774. The first-order chi connectivity index (χ1) is 13.2. The zero-order chi connectivity index (χ0) is 20.5. The number of hydrogen-bond acceptors (Lipinski definition) is 4. The molecule has 152 valence electrons. The van der Waals surface area contributed by atoms with Crippen LogP contribution in [-0.2, 0) is 10.2 Å². The molecule has 2 atom stereocenters. The van der Waals surface area contributed by atoms with E-state index in [0.717, 1.165) is 0 Å². The standard InChI is InChI=1S/C20H22F3NO4/c1-27-16-3-2-15(8-17(16)28-5-4-20(21,22)23)19(11-24)9-13-6-12(18(25)26)7-14(13)10-19/h2-3,8,12-14H,4-7,9-10H2,1H3,(H,25,26). The lowest BCUT2D eigenvalue weighted by molar-refractivity contribution is -0.142. The Morgan fingerprint density at radius 1 is 1.29 bits per heavy atom. The summed E-state index contributed by atoms with van der Waals surface area (Å²) in [7, 11) is 1.40. The van der Waals surface area contributed by atoms with Crippen LogP contribution in [0.25, 0.3) is 0 Å². The van der Waals surface area contributed by atoms with Crippen LogP contribution in [0, 0.1) is 29.1 Å². The van der Waals surface area contributed by atoms with Crippen molar-refractivity contribution in [3.8, 4) is 17.6 Å². The number of carboxylic acids is 1. The summed E-state index contributed by atoms with van der Waals surface area (Å²) in [4.78, 5) is 11.2. The van der Waals surface area contributed by atoms with E-state index in [9.17, 15) is 28.3 Å². The van der Waals surface area contributed by atoms with Crippen LogP contribution >= 0.6 is 0 Å². The molecule has 8 heteroatoms. The minimum absolute atomic E-state index is 0.164. The van der Waals surface area contributed by atoms with Crippen molar-refractivity contribution in [3.05, 3.63) is 23.8 Å². The molecule has 1 N–H and O–H groups in total. The summed E-state index contributed by atoms with van der Waals surface area (Å²) in [5, 5.41) is 19.1. The first-order valence-corrected chi connectivity index (χ1v) is 9.19. The maximum Gasteiger partial charge on any atom is 0.392 e. The SMILES string of the molecule is COc1ccc(C2(C#N)CC3CC(C(=O)O)CC3C2)cc1OCCC(F)(F)F. The van der Waals surface area contributed by atoms with Gasteiger partial charge in [-0.3, -0.25) is 4.79 Å². The number of fused-ring (bicyclic) bond motifs is 1. The third-order valence-corrected chi connectivity index (χ3v) is 5.99. The van der Waals surface area contributed by atoms with Gasteiger partial charge < -0.3 is 14.6 Å². The van der Waals surface area contributed by atoms with Crippen molar-refractivity contribution in [1.82, 2.24) is 0 Å². The van der Waals surface area contributed by atoms with Crippen molar-refractivity contribution in [1.29, 1.82) is 5.26 Å². The minimum atomic E-state index is -4.32. The molecule has 0 heterocycles. The molecule has 2 aliphatic rings. The molecule has 2 fully saturated rings. The second-order valence-electron chi connectivity index (χ2n) is 7.71. The van der Waals surface area contributed by atoms with Gasteiger partial charge in [0.2, 0.25) is 0 Å². The molecule has 28 heavy (non-hydrogen) atoms. The van der Waals surface area contributed by atoms with Crippen LogP contribution in [0.1, 0.15) is 37.7 Å². The van der Waals surface area contributed by atoms with Gasteiger partial charge in [-0.1, -0.05) is 6.07 Å². The summed E-state index contributed by atoms with van der Waals surface area (Å²) in [6.07, 6.45) is -3.17. The molecule has 0 saturated heterocycles. The normalized spacial score (nSPS) is 29.2. The first-order valence-electron chi connectivity index (χ1n) is 9.19. The number of benzene rings is 1. The Morgan fingerprint density at radius 2 is 1.93 bits per heavy atom. The number of carboxylic acid groups (broad SMARTS) is 1. The van der Waals surface area contributed by atoms with Gasteiger partial charge >= 0.3 is 12.1 Å². The molecule has 2 aliphatic carbocycles. The highest BCUT2D eigenvalue weighted by atomic mass is 19.4. The first kappa shape index (κ1) is 20.3. The summed E-state index contributed by atoms with van der Waals surface area (Å²) in [5.74, 6) is -0.331. The van der Waals surface area contributed by atoms with Crippen LogP contribution in [0.2, 0.25) is 0 Å². The van der Waals surface area contributed by atoms with Crippen molar-refractivity contribution in [3.63, 3.8) is 0 Å². The average Bonchev–Trinajstić information content (AvgIpc) is 3.17. The van der Waals surface area contributed by atoms with Gasteiger partial charge in [-0.2, -0.15) is 18.4 Å². The highest BCUT2D eigenvalue weighted by molar-refractivity contribution is 5.70. The molecule has 0 radical (unpaired) electrons. The minimum Gasteiger partial charge on any atom is -0.493 e. The van der Waals surface area contributed by atoms with Crippen LogP contribution in [0.15, 0.2) is 18.2 Å². The van der Waals surface area contributed by atoms with E-state index in [2.05, 4.69) is 6.07 Å². The van der Waals surface area contributed by atoms with Gasteiger partial charge in [0, 0.05) is 0 Å². The maximum absolute atomic E-state index is 12.4. The molecule has 0 aromatic heterocycles. The molecule has 1 aromatic rings. The monoisotopic (exact) mass is 397 g/mol. The second kappa shape index (κ2) is 7.53. The van der Waals surface area contributed by atoms with Gasteiger partial charge in [-0.25, -0.2) is 0 Å². The molecule has 1 aromatic carbocycles. The van der Waals surface area contributed by atoms with Crippen LogP contribution in [-0.4, -0.2) is 31.0 Å². The Hall–Kier alpha value is -2.43. The van der Waals surface area contributed by atoms with Gasteiger partial charge in [0.25, 0.3) is 0 Å². The van der Waals surface area contributed by atoms with E-state index in [1.165, 1.54) is 7.11 Å². The molecule has 2 unspecified atom stereocenters. The lowest BCUT2D eigenvalue weighted by atomic mass is 9.77. The van der Waals surface area contributed by atoms with Crippen molar-refractivity contribution in [2.24, 2.45) is 17.8 Å². The fraction of sp³-hybridized carbons (Fsp3) is 0.600. The van der Waals surface area contributed by atoms with E-state index in [1.807, 2.05) is 0 Å². The summed E-state index contributed by atoms with van der Waals surface area (Å²) in [6.45, 7) is -0.533. The zero-order valence-corrected chi connectivity index (χ0v) is 15.5. The third-order valence-electron chi connectivity index (χ3n) is 5.99. The highest BCUT2D eigenvalue weighted by Crippen LogP contribution is 2.56. The van der Waals surface area contributed by atoms with E-state index >= 15 is 0 Å². The third kappa shape index (κ3) is 4.03. The predicted octanol–water partition coefficient (Wildman–Crippen LogP) is 4.31. The summed E-state index contributed by atoms with van der Waals surface area (Å²) < 4.78 is 47.7. The van der Waals surface area contributed by atoms with Crippen molar-refractivity contribution in [2.75, 3.05) is 13.7 Å². The fourth-order valence-corrected chi connectivity index (χ4v) is 4.65. The van der Waals surface area contributed by atoms with Gasteiger partial charge in [0.15, 0.2) is 11.5 Å². The molecular weight excluding hydrogens is 375 g/mol. The van der Waals surface area contributed by atoms with Crippen LogP contribution in [0.3, 0.4) is 0 Å². The number of methoxy groups -OCH3 is 1. The van der Waals surface area contributed by atoms with E-state index in [-0.39, 0.29) is 23.5 Å². The van der Waals surface area contributed by atoms with Crippen molar-refractivity contribution in [2.45, 2.75) is 43.7 Å². The lowest BCUT2D eigenvalue weighted by Crippen LogP contribution is -2.23. The van der Waals surface area contributed by atoms with Crippen LogP contribution in [0.4, 0.5) is 13.2 Å². The van der Waals surface area contributed by atoms with Crippen LogP contribution < -0.4 is 9.47 Å². The molecular formula is C20H22F3NO4. The summed E-state index contributed by atoms with van der Waals surface area (Å²) in [6, 6.07) is 7.33. The Labute approximate surface area is 161 Å². The maximum atomic E-state index is 12.4. The second-order valence-corrected chi connectivity index (χ2v) is 7.71. The average molecular weight is 397 g/mol. The smallest absolute Gasteiger partial charge is 0.392 e. The van der Waals surface area contributed by atoms with E-state index < -0.39 is 30.6 Å². The molecule has 0 spiro atoms. The van der Waals surface area contributed by atoms with Crippen LogP contribution in [0.5, 0.6) is 11.5 Å². The lowest BCUT2D eigenvalue weighted by Gasteiger charge is -2.24. The predicted molar refractivity (Wildman–Crippen MR) is 93.0 cm³/mol. The number of hydrogen-bond donors (Lipinski definition) is 1. The summed E-state index contributed by atoms with van der Waals surface area (Å²) >= 11 is 0. The fourth-order valence-electron chi connectivity index (χ4n) is 4.65. The van der Waals surface area contributed by atoms with E-state index in [0.29, 0.717) is 37.0 Å². The number of alkyl halides is 3. The largest absolute Gasteiger partial charge is 0.493 e. The highest BCUT2D eigenvalue weighted by Gasteiger charge is 2.52. The van der Waals surface area contributed by atoms with Gasteiger partial charge in [-0.15, -0.1) is 0 Å². The number of nitriles is 1. The molecule has 0 aliphatic heterocycles.